The van der Waals surface area contributed by atoms with E-state index in [0.29, 0.717) is 22.9 Å². The Morgan fingerprint density at radius 3 is 2.79 bits per heavy atom. The lowest BCUT2D eigenvalue weighted by molar-refractivity contribution is 0.189. The van der Waals surface area contributed by atoms with Crippen molar-refractivity contribution in [1.82, 2.24) is 14.8 Å². The number of aliphatic hydroxyl groups excluding tert-OH is 1. The van der Waals surface area contributed by atoms with E-state index in [1.165, 1.54) is 6.33 Å². The molecule has 0 saturated heterocycles. The first kappa shape index (κ1) is 13.4. The number of ether oxygens (including phenoxy) is 2. The summed E-state index contributed by atoms with van der Waals surface area (Å²) in [6, 6.07) is 5.32. The Kier molecular flexibility index (Phi) is 4.01. The molecule has 0 aliphatic rings. The van der Waals surface area contributed by atoms with Gasteiger partial charge in [0.15, 0.2) is 5.82 Å². The number of aliphatic hydroxyl groups is 1. The molecule has 1 atom stereocenters. The summed E-state index contributed by atoms with van der Waals surface area (Å²) < 4.78 is 12.5. The molecule has 2 aromatic rings. The minimum Gasteiger partial charge on any atom is -0.497 e. The minimum atomic E-state index is -0.611. The van der Waals surface area contributed by atoms with E-state index >= 15 is 0 Å². The van der Waals surface area contributed by atoms with Crippen LogP contribution < -0.4 is 9.47 Å². The van der Waals surface area contributed by atoms with Gasteiger partial charge in [0.05, 0.1) is 13.2 Å². The van der Waals surface area contributed by atoms with Gasteiger partial charge in [-0.15, -0.1) is 0 Å². The van der Waals surface area contributed by atoms with E-state index in [1.807, 2.05) is 0 Å². The van der Waals surface area contributed by atoms with Gasteiger partial charge in [-0.25, -0.2) is 4.98 Å². The second-order valence-corrected chi connectivity index (χ2v) is 4.17. The molecular weight excluding hydrogens is 246 g/mol. The van der Waals surface area contributed by atoms with Crippen LogP contribution in [0.25, 0.3) is 0 Å². The third kappa shape index (κ3) is 3.03. The molecule has 0 fully saturated rings. The molecule has 6 nitrogen and oxygen atoms in total. The van der Waals surface area contributed by atoms with Gasteiger partial charge >= 0.3 is 0 Å². The van der Waals surface area contributed by atoms with Crippen molar-refractivity contribution in [2.45, 2.75) is 19.6 Å². The lowest BCUT2D eigenvalue weighted by Gasteiger charge is -2.14. The number of rotatable bonds is 5. The molecule has 0 amide bonds. The van der Waals surface area contributed by atoms with Crippen LogP contribution >= 0.6 is 0 Å². The summed E-state index contributed by atoms with van der Waals surface area (Å²) in [7, 11) is 3.39. The molecule has 0 aliphatic heterocycles. The highest BCUT2D eigenvalue weighted by Gasteiger charge is 2.12. The van der Waals surface area contributed by atoms with Crippen molar-refractivity contribution < 1.29 is 14.6 Å². The van der Waals surface area contributed by atoms with Gasteiger partial charge < -0.3 is 14.6 Å². The number of aromatic nitrogens is 3. The summed E-state index contributed by atoms with van der Waals surface area (Å²) in [5.74, 6) is 1.97. The predicted octanol–water partition coefficient (Wildman–Crippen LogP) is 1.46. The molecular formula is C13H17N3O3. The van der Waals surface area contributed by atoms with E-state index in [2.05, 4.69) is 10.1 Å². The Morgan fingerprint density at radius 1 is 1.42 bits per heavy atom. The van der Waals surface area contributed by atoms with Crippen LogP contribution in [-0.2, 0) is 13.7 Å². The fourth-order valence-corrected chi connectivity index (χ4v) is 1.70. The highest BCUT2D eigenvalue weighted by Crippen LogP contribution is 2.29. The molecule has 6 heteroatoms. The van der Waals surface area contributed by atoms with Gasteiger partial charge in [-0.05, 0) is 19.1 Å². The second kappa shape index (κ2) is 5.71. The summed E-state index contributed by atoms with van der Waals surface area (Å²) in [5.41, 5.74) is 0.711. The SMILES string of the molecule is COc1ccc([C@@H](C)O)c(OCc2ncnn2C)c1. The maximum atomic E-state index is 9.73. The average molecular weight is 263 g/mol. The Labute approximate surface area is 111 Å². The van der Waals surface area contributed by atoms with Crippen molar-refractivity contribution in [3.05, 3.63) is 35.9 Å². The maximum Gasteiger partial charge on any atom is 0.164 e. The van der Waals surface area contributed by atoms with Gasteiger partial charge in [0.2, 0.25) is 0 Å². The Hall–Kier alpha value is -2.08. The van der Waals surface area contributed by atoms with Crippen LogP contribution in [0.2, 0.25) is 0 Å². The largest absolute Gasteiger partial charge is 0.497 e. The van der Waals surface area contributed by atoms with Gasteiger partial charge in [-0.3, -0.25) is 4.68 Å². The van der Waals surface area contributed by atoms with Crippen molar-refractivity contribution in [3.63, 3.8) is 0 Å². The molecule has 0 spiro atoms. The lowest BCUT2D eigenvalue weighted by atomic mass is 10.1. The van der Waals surface area contributed by atoms with Crippen molar-refractivity contribution >= 4 is 0 Å². The molecule has 1 aromatic carbocycles. The molecule has 1 N–H and O–H groups in total. The number of hydrogen-bond donors (Lipinski definition) is 1. The van der Waals surface area contributed by atoms with E-state index in [0.717, 1.165) is 0 Å². The molecule has 1 heterocycles. The Morgan fingerprint density at radius 2 is 2.21 bits per heavy atom. The summed E-state index contributed by atoms with van der Waals surface area (Å²) in [6.45, 7) is 1.97. The monoisotopic (exact) mass is 263 g/mol. The van der Waals surface area contributed by atoms with E-state index in [1.54, 1.807) is 44.0 Å². The van der Waals surface area contributed by atoms with E-state index in [4.69, 9.17) is 9.47 Å². The van der Waals surface area contributed by atoms with Crippen LogP contribution in [0.4, 0.5) is 0 Å². The maximum absolute atomic E-state index is 9.73. The molecule has 0 bridgehead atoms. The normalized spacial score (nSPS) is 12.2. The third-order valence-electron chi connectivity index (χ3n) is 2.83. The Balaban J connectivity index is 2.20. The zero-order valence-electron chi connectivity index (χ0n) is 11.2. The highest BCUT2D eigenvalue weighted by atomic mass is 16.5. The average Bonchev–Trinajstić information content (AvgIpc) is 2.81. The van der Waals surface area contributed by atoms with Crippen LogP contribution in [-0.4, -0.2) is 27.0 Å². The first-order valence-electron chi connectivity index (χ1n) is 5.93. The van der Waals surface area contributed by atoms with E-state index in [-0.39, 0.29) is 6.61 Å². The molecule has 19 heavy (non-hydrogen) atoms. The van der Waals surface area contributed by atoms with Crippen LogP contribution in [0.3, 0.4) is 0 Å². The number of methoxy groups -OCH3 is 1. The first-order valence-corrected chi connectivity index (χ1v) is 5.93. The molecule has 0 radical (unpaired) electrons. The minimum absolute atomic E-state index is 0.281. The van der Waals surface area contributed by atoms with Gasteiger partial charge in [0.1, 0.15) is 24.4 Å². The van der Waals surface area contributed by atoms with Crippen molar-refractivity contribution in [2.24, 2.45) is 7.05 Å². The number of hydrogen-bond acceptors (Lipinski definition) is 5. The Bertz CT molecular complexity index is 552. The van der Waals surface area contributed by atoms with Crippen molar-refractivity contribution in [2.75, 3.05) is 7.11 Å². The zero-order chi connectivity index (χ0) is 13.8. The van der Waals surface area contributed by atoms with Crippen molar-refractivity contribution in [1.29, 1.82) is 0 Å². The third-order valence-corrected chi connectivity index (χ3v) is 2.83. The van der Waals surface area contributed by atoms with E-state index < -0.39 is 6.10 Å². The summed E-state index contributed by atoms with van der Waals surface area (Å²) in [4.78, 5) is 4.08. The standard InChI is InChI=1S/C13H17N3O3/c1-9(17)11-5-4-10(18-3)6-12(11)19-7-13-14-8-15-16(13)2/h4-6,8-9,17H,7H2,1-3H3/t9-/m1/s1. The number of aryl methyl sites for hydroxylation is 1. The zero-order valence-corrected chi connectivity index (χ0v) is 11.2. The topological polar surface area (TPSA) is 69.4 Å². The quantitative estimate of drug-likeness (QED) is 0.884. The first-order chi connectivity index (χ1) is 9.11. The van der Waals surface area contributed by atoms with E-state index in [9.17, 15) is 5.11 Å². The van der Waals surface area contributed by atoms with Gasteiger partial charge in [0, 0.05) is 18.7 Å². The number of nitrogens with zero attached hydrogens (tertiary/aromatic N) is 3. The summed E-state index contributed by atoms with van der Waals surface area (Å²) in [6.07, 6.45) is 0.861. The van der Waals surface area contributed by atoms with Gasteiger partial charge in [-0.2, -0.15) is 5.10 Å². The molecule has 0 unspecified atom stereocenters. The molecule has 1 aromatic heterocycles. The smallest absolute Gasteiger partial charge is 0.164 e. The van der Waals surface area contributed by atoms with Gasteiger partial charge in [-0.1, -0.05) is 0 Å². The van der Waals surface area contributed by atoms with Crippen LogP contribution in [0, 0.1) is 0 Å². The lowest BCUT2D eigenvalue weighted by Crippen LogP contribution is -2.06. The fourth-order valence-electron chi connectivity index (χ4n) is 1.70. The van der Waals surface area contributed by atoms with Crippen LogP contribution in [0.5, 0.6) is 11.5 Å². The summed E-state index contributed by atoms with van der Waals surface area (Å²) in [5, 5.41) is 13.7. The second-order valence-electron chi connectivity index (χ2n) is 4.17. The molecule has 2 rings (SSSR count). The highest BCUT2D eigenvalue weighted by molar-refractivity contribution is 5.41. The molecule has 0 saturated carbocycles. The van der Waals surface area contributed by atoms with Crippen LogP contribution in [0.15, 0.2) is 24.5 Å². The molecule has 0 aliphatic carbocycles. The van der Waals surface area contributed by atoms with Crippen molar-refractivity contribution in [3.8, 4) is 11.5 Å². The summed E-state index contributed by atoms with van der Waals surface area (Å²) >= 11 is 0. The predicted molar refractivity (Wildman–Crippen MR) is 69.0 cm³/mol. The fraction of sp³-hybridized carbons (Fsp3) is 0.385. The molecule has 102 valence electrons. The van der Waals surface area contributed by atoms with Crippen LogP contribution in [0.1, 0.15) is 24.4 Å². The number of benzene rings is 1. The van der Waals surface area contributed by atoms with Gasteiger partial charge in [0.25, 0.3) is 0 Å².